The van der Waals surface area contributed by atoms with E-state index in [0.717, 1.165) is 26.1 Å². The molecule has 0 aliphatic carbocycles. The lowest BCUT2D eigenvalue weighted by atomic mass is 9.87. The molecule has 2 rings (SSSR count). The summed E-state index contributed by atoms with van der Waals surface area (Å²) in [5, 5.41) is 0. The molecule has 0 unspecified atom stereocenters. The number of rotatable bonds is 2. The highest BCUT2D eigenvalue weighted by Gasteiger charge is 2.40. The van der Waals surface area contributed by atoms with Crippen LogP contribution in [0.4, 0.5) is 0 Å². The van der Waals surface area contributed by atoms with Gasteiger partial charge in [-0.25, -0.2) is 0 Å². The van der Waals surface area contributed by atoms with E-state index in [0.29, 0.717) is 11.3 Å². The molecule has 2 fully saturated rings. The van der Waals surface area contributed by atoms with Crippen molar-refractivity contribution in [2.75, 3.05) is 26.7 Å². The first kappa shape index (κ1) is 10.9. The molecule has 0 saturated carbocycles. The number of carbonyl (C=O) groups is 1. The summed E-state index contributed by atoms with van der Waals surface area (Å²) in [4.78, 5) is 16.4. The SMILES string of the molecule is CC[C@@]1(C)CCN(C(=O)[C@@H]2CCN2C)C1. The number of hydrogen-bond donors (Lipinski definition) is 0. The number of hydrogen-bond acceptors (Lipinski definition) is 2. The van der Waals surface area contributed by atoms with Gasteiger partial charge in [0, 0.05) is 19.6 Å². The van der Waals surface area contributed by atoms with Gasteiger partial charge in [-0.15, -0.1) is 0 Å². The van der Waals surface area contributed by atoms with Gasteiger partial charge in [0.15, 0.2) is 0 Å². The third kappa shape index (κ3) is 1.89. The molecule has 86 valence electrons. The predicted octanol–water partition coefficient (Wildman–Crippen LogP) is 1.34. The minimum absolute atomic E-state index is 0.184. The van der Waals surface area contributed by atoms with Crippen LogP contribution < -0.4 is 0 Å². The van der Waals surface area contributed by atoms with Gasteiger partial charge in [-0.2, -0.15) is 0 Å². The Balaban J connectivity index is 1.93. The number of amides is 1. The van der Waals surface area contributed by atoms with Crippen LogP contribution in [0.3, 0.4) is 0 Å². The maximum atomic E-state index is 12.1. The molecule has 3 heteroatoms. The van der Waals surface area contributed by atoms with Crippen molar-refractivity contribution in [3.8, 4) is 0 Å². The Hall–Kier alpha value is -0.570. The van der Waals surface area contributed by atoms with Gasteiger partial charge in [-0.3, -0.25) is 9.69 Å². The summed E-state index contributed by atoms with van der Waals surface area (Å²) < 4.78 is 0. The number of carbonyl (C=O) groups excluding carboxylic acids is 1. The van der Waals surface area contributed by atoms with Crippen LogP contribution in [0, 0.1) is 5.41 Å². The van der Waals surface area contributed by atoms with Crippen LogP contribution in [0.25, 0.3) is 0 Å². The van der Waals surface area contributed by atoms with E-state index in [2.05, 4.69) is 23.6 Å². The van der Waals surface area contributed by atoms with Gasteiger partial charge >= 0.3 is 0 Å². The molecule has 0 radical (unpaired) electrons. The first-order chi connectivity index (χ1) is 7.06. The maximum absolute atomic E-state index is 12.1. The topological polar surface area (TPSA) is 23.6 Å². The summed E-state index contributed by atoms with van der Waals surface area (Å²) in [5.74, 6) is 0.362. The molecule has 0 N–H and O–H groups in total. The monoisotopic (exact) mass is 210 g/mol. The highest BCUT2D eigenvalue weighted by molar-refractivity contribution is 5.83. The molecule has 15 heavy (non-hydrogen) atoms. The molecule has 2 aliphatic heterocycles. The molecule has 0 spiro atoms. The fourth-order valence-corrected chi connectivity index (χ4v) is 2.54. The zero-order valence-electron chi connectivity index (χ0n) is 10.1. The van der Waals surface area contributed by atoms with E-state index >= 15 is 0 Å². The molecule has 2 atom stereocenters. The van der Waals surface area contributed by atoms with E-state index in [1.54, 1.807) is 0 Å². The van der Waals surface area contributed by atoms with Crippen LogP contribution in [0.15, 0.2) is 0 Å². The van der Waals surface area contributed by atoms with Gasteiger partial charge in [0.2, 0.25) is 5.91 Å². The largest absolute Gasteiger partial charge is 0.341 e. The van der Waals surface area contributed by atoms with Crippen LogP contribution in [-0.2, 0) is 4.79 Å². The molecule has 0 aromatic heterocycles. The van der Waals surface area contributed by atoms with E-state index < -0.39 is 0 Å². The van der Waals surface area contributed by atoms with E-state index in [1.165, 1.54) is 12.8 Å². The minimum atomic E-state index is 0.184. The second-order valence-corrected chi connectivity index (χ2v) is 5.46. The fraction of sp³-hybridized carbons (Fsp3) is 0.917. The Labute approximate surface area is 92.4 Å². The van der Waals surface area contributed by atoms with Gasteiger partial charge in [0.05, 0.1) is 6.04 Å². The van der Waals surface area contributed by atoms with Crippen molar-refractivity contribution in [2.45, 2.75) is 39.2 Å². The lowest BCUT2D eigenvalue weighted by Crippen LogP contribution is -2.54. The van der Waals surface area contributed by atoms with Crippen molar-refractivity contribution in [1.29, 1.82) is 0 Å². The van der Waals surface area contributed by atoms with Crippen LogP contribution in [0.1, 0.15) is 33.1 Å². The smallest absolute Gasteiger partial charge is 0.239 e. The molecule has 2 saturated heterocycles. The first-order valence-electron chi connectivity index (χ1n) is 6.05. The summed E-state index contributed by atoms with van der Waals surface area (Å²) in [7, 11) is 2.04. The van der Waals surface area contributed by atoms with Gasteiger partial charge in [-0.05, 0) is 31.7 Å². The Morgan fingerprint density at radius 2 is 2.20 bits per heavy atom. The standard InChI is InChI=1S/C12H22N2O/c1-4-12(2)6-8-14(9-12)11(15)10-5-7-13(10)3/h10H,4-9H2,1-3H3/t10-,12-/m0/s1. The van der Waals surface area contributed by atoms with Crippen molar-refractivity contribution in [3.63, 3.8) is 0 Å². The Kier molecular flexibility index (Phi) is 2.75. The molecular weight excluding hydrogens is 188 g/mol. The van der Waals surface area contributed by atoms with E-state index in [9.17, 15) is 4.79 Å². The summed E-state index contributed by atoms with van der Waals surface area (Å²) in [6.07, 6.45) is 3.40. The molecule has 1 amide bonds. The summed E-state index contributed by atoms with van der Waals surface area (Å²) in [5.41, 5.74) is 0.373. The summed E-state index contributed by atoms with van der Waals surface area (Å²) >= 11 is 0. The van der Waals surface area contributed by atoms with Crippen molar-refractivity contribution in [2.24, 2.45) is 5.41 Å². The second kappa shape index (κ2) is 3.78. The van der Waals surface area contributed by atoms with Gasteiger partial charge in [-0.1, -0.05) is 13.8 Å². The number of likely N-dealkylation sites (tertiary alicyclic amines) is 2. The number of nitrogens with zero attached hydrogens (tertiary/aromatic N) is 2. The van der Waals surface area contributed by atoms with Gasteiger partial charge in [0.25, 0.3) is 0 Å². The predicted molar refractivity (Wildman–Crippen MR) is 60.6 cm³/mol. The van der Waals surface area contributed by atoms with Crippen molar-refractivity contribution >= 4 is 5.91 Å². The molecule has 0 aromatic rings. The fourth-order valence-electron chi connectivity index (χ4n) is 2.54. The van der Waals surface area contributed by atoms with Crippen LogP contribution in [0.2, 0.25) is 0 Å². The zero-order chi connectivity index (χ0) is 11.1. The van der Waals surface area contributed by atoms with Crippen LogP contribution in [-0.4, -0.2) is 48.4 Å². The van der Waals surface area contributed by atoms with Gasteiger partial charge < -0.3 is 4.90 Å². The second-order valence-electron chi connectivity index (χ2n) is 5.46. The van der Waals surface area contributed by atoms with Crippen LogP contribution >= 0.6 is 0 Å². The first-order valence-corrected chi connectivity index (χ1v) is 6.05. The zero-order valence-corrected chi connectivity index (χ0v) is 10.1. The lowest BCUT2D eigenvalue weighted by Gasteiger charge is -2.39. The van der Waals surface area contributed by atoms with E-state index in [1.807, 2.05) is 7.05 Å². The van der Waals surface area contributed by atoms with Crippen molar-refractivity contribution in [3.05, 3.63) is 0 Å². The minimum Gasteiger partial charge on any atom is -0.341 e. The van der Waals surface area contributed by atoms with E-state index in [4.69, 9.17) is 0 Å². The normalized spacial score (nSPS) is 36.7. The summed E-state index contributed by atoms with van der Waals surface area (Å²) in [6, 6.07) is 0.184. The van der Waals surface area contributed by atoms with Crippen LogP contribution in [0.5, 0.6) is 0 Å². The maximum Gasteiger partial charge on any atom is 0.239 e. The Morgan fingerprint density at radius 3 is 2.60 bits per heavy atom. The Morgan fingerprint density at radius 1 is 1.47 bits per heavy atom. The molecule has 0 bridgehead atoms. The quantitative estimate of drug-likeness (QED) is 0.686. The van der Waals surface area contributed by atoms with Crippen molar-refractivity contribution < 1.29 is 4.79 Å². The summed E-state index contributed by atoms with van der Waals surface area (Å²) in [6.45, 7) is 7.53. The van der Waals surface area contributed by atoms with E-state index in [-0.39, 0.29) is 6.04 Å². The third-order valence-corrected chi connectivity index (χ3v) is 4.30. The average molecular weight is 210 g/mol. The molecule has 2 heterocycles. The molecular formula is C12H22N2O. The highest BCUT2D eigenvalue weighted by Crippen LogP contribution is 2.34. The van der Waals surface area contributed by atoms with Crippen molar-refractivity contribution in [1.82, 2.24) is 9.80 Å². The molecule has 0 aromatic carbocycles. The average Bonchev–Trinajstić information content (AvgIpc) is 2.60. The Bertz CT molecular complexity index is 266. The molecule has 3 nitrogen and oxygen atoms in total. The molecule has 2 aliphatic rings. The third-order valence-electron chi connectivity index (χ3n) is 4.30. The van der Waals surface area contributed by atoms with Gasteiger partial charge in [0.1, 0.15) is 0 Å². The number of likely N-dealkylation sites (N-methyl/N-ethyl adjacent to an activating group) is 1. The lowest BCUT2D eigenvalue weighted by molar-refractivity contribution is -0.139. The highest BCUT2D eigenvalue weighted by atomic mass is 16.2.